The van der Waals surface area contributed by atoms with E-state index in [-0.39, 0.29) is 24.7 Å². The van der Waals surface area contributed by atoms with Crippen LogP contribution in [0.1, 0.15) is 12.0 Å². The minimum Gasteiger partial charge on any atom is -0.493 e. The van der Waals surface area contributed by atoms with Crippen LogP contribution < -0.4 is 9.47 Å². The standard InChI is InChI=1S/C17H17F3O3/c1-12-5-2-3-6-14(12)15-8-7-13(22-10-4-9-21)11-16(15)23-17(18,19)20/h2-3,5-8,11,21H,4,9-10H2,1H3. The Morgan fingerprint density at radius 2 is 1.78 bits per heavy atom. The molecule has 124 valence electrons. The maximum Gasteiger partial charge on any atom is 0.573 e. The maximum absolute atomic E-state index is 12.7. The van der Waals surface area contributed by atoms with Crippen LogP contribution in [-0.2, 0) is 0 Å². The zero-order chi connectivity index (χ0) is 16.9. The van der Waals surface area contributed by atoms with Gasteiger partial charge in [-0.3, -0.25) is 0 Å². The van der Waals surface area contributed by atoms with Gasteiger partial charge < -0.3 is 14.6 Å². The molecule has 0 aliphatic rings. The first-order valence-corrected chi connectivity index (χ1v) is 7.10. The topological polar surface area (TPSA) is 38.7 Å². The summed E-state index contributed by atoms with van der Waals surface area (Å²) in [4.78, 5) is 0. The molecule has 23 heavy (non-hydrogen) atoms. The second-order valence-electron chi connectivity index (χ2n) is 4.95. The summed E-state index contributed by atoms with van der Waals surface area (Å²) < 4.78 is 47.5. The fraction of sp³-hybridized carbons (Fsp3) is 0.294. The summed E-state index contributed by atoms with van der Waals surface area (Å²) in [5, 5.41) is 8.72. The molecular formula is C17H17F3O3. The number of aliphatic hydroxyl groups is 1. The maximum atomic E-state index is 12.7. The summed E-state index contributed by atoms with van der Waals surface area (Å²) in [7, 11) is 0. The van der Waals surface area contributed by atoms with Crippen molar-refractivity contribution in [2.75, 3.05) is 13.2 Å². The largest absolute Gasteiger partial charge is 0.573 e. The molecule has 2 aromatic carbocycles. The Morgan fingerprint density at radius 1 is 1.04 bits per heavy atom. The summed E-state index contributed by atoms with van der Waals surface area (Å²) in [6, 6.07) is 11.5. The van der Waals surface area contributed by atoms with Gasteiger partial charge in [0.15, 0.2) is 0 Å². The first-order chi connectivity index (χ1) is 10.9. The van der Waals surface area contributed by atoms with Gasteiger partial charge in [0.2, 0.25) is 0 Å². The predicted octanol–water partition coefficient (Wildman–Crippen LogP) is 4.32. The van der Waals surface area contributed by atoms with E-state index in [9.17, 15) is 13.2 Å². The number of ether oxygens (including phenoxy) is 2. The summed E-state index contributed by atoms with van der Waals surface area (Å²) in [6.45, 7) is 1.98. The molecule has 0 spiro atoms. The van der Waals surface area contributed by atoms with Crippen LogP contribution in [-0.4, -0.2) is 24.7 Å². The Labute approximate surface area is 132 Å². The van der Waals surface area contributed by atoms with Crippen LogP contribution in [0, 0.1) is 6.92 Å². The number of aryl methyl sites for hydroxylation is 1. The highest BCUT2D eigenvalue weighted by atomic mass is 19.4. The van der Waals surface area contributed by atoms with Crippen molar-refractivity contribution in [1.82, 2.24) is 0 Å². The summed E-state index contributed by atoms with van der Waals surface area (Å²) in [6.07, 6.45) is -4.39. The van der Waals surface area contributed by atoms with Crippen LogP contribution in [0.4, 0.5) is 13.2 Å². The van der Waals surface area contributed by atoms with Crippen LogP contribution in [0.3, 0.4) is 0 Å². The van der Waals surface area contributed by atoms with E-state index in [0.717, 1.165) is 5.56 Å². The molecule has 2 aromatic rings. The minimum atomic E-state index is -4.79. The van der Waals surface area contributed by atoms with Crippen molar-refractivity contribution in [1.29, 1.82) is 0 Å². The van der Waals surface area contributed by atoms with Gasteiger partial charge in [-0.2, -0.15) is 0 Å². The van der Waals surface area contributed by atoms with Gasteiger partial charge in [0.05, 0.1) is 6.61 Å². The number of rotatable bonds is 6. The summed E-state index contributed by atoms with van der Waals surface area (Å²) >= 11 is 0. The Bertz CT molecular complexity index is 654. The van der Waals surface area contributed by atoms with Crippen molar-refractivity contribution in [3.8, 4) is 22.6 Å². The fourth-order valence-electron chi connectivity index (χ4n) is 2.15. The molecular weight excluding hydrogens is 309 g/mol. The van der Waals surface area contributed by atoms with Gasteiger partial charge in [-0.25, -0.2) is 0 Å². The van der Waals surface area contributed by atoms with E-state index in [0.29, 0.717) is 17.5 Å². The monoisotopic (exact) mass is 326 g/mol. The van der Waals surface area contributed by atoms with Crippen molar-refractivity contribution in [3.05, 3.63) is 48.0 Å². The molecule has 0 aromatic heterocycles. The quantitative estimate of drug-likeness (QED) is 0.804. The number of halogens is 3. The first-order valence-electron chi connectivity index (χ1n) is 7.10. The normalized spacial score (nSPS) is 11.3. The van der Waals surface area contributed by atoms with Gasteiger partial charge in [-0.15, -0.1) is 13.2 Å². The molecule has 0 aliphatic heterocycles. The molecule has 0 bridgehead atoms. The van der Waals surface area contributed by atoms with E-state index in [1.165, 1.54) is 12.1 Å². The Kier molecular flexibility index (Phi) is 5.50. The molecule has 0 amide bonds. The summed E-state index contributed by atoms with van der Waals surface area (Å²) in [5.74, 6) is -0.0525. The summed E-state index contributed by atoms with van der Waals surface area (Å²) in [5.41, 5.74) is 1.84. The third-order valence-corrected chi connectivity index (χ3v) is 3.19. The van der Waals surface area contributed by atoms with E-state index >= 15 is 0 Å². The molecule has 0 radical (unpaired) electrons. The Morgan fingerprint density at radius 3 is 2.43 bits per heavy atom. The van der Waals surface area contributed by atoms with Gasteiger partial charge in [0, 0.05) is 24.7 Å². The van der Waals surface area contributed by atoms with Crippen molar-refractivity contribution in [3.63, 3.8) is 0 Å². The first kappa shape index (κ1) is 17.1. The molecule has 0 atom stereocenters. The van der Waals surface area contributed by atoms with Crippen molar-refractivity contribution in [2.45, 2.75) is 19.7 Å². The molecule has 2 rings (SSSR count). The van der Waals surface area contributed by atoms with E-state index < -0.39 is 6.36 Å². The highest BCUT2D eigenvalue weighted by molar-refractivity contribution is 5.74. The second-order valence-corrected chi connectivity index (χ2v) is 4.95. The molecule has 0 saturated heterocycles. The van der Waals surface area contributed by atoms with Crippen LogP contribution >= 0.6 is 0 Å². The second kappa shape index (κ2) is 7.37. The van der Waals surface area contributed by atoms with Crippen LogP contribution in [0.2, 0.25) is 0 Å². The highest BCUT2D eigenvalue weighted by Crippen LogP contribution is 2.37. The smallest absolute Gasteiger partial charge is 0.493 e. The van der Waals surface area contributed by atoms with E-state index in [1.807, 2.05) is 19.1 Å². The van der Waals surface area contributed by atoms with E-state index in [4.69, 9.17) is 9.84 Å². The van der Waals surface area contributed by atoms with Crippen LogP contribution in [0.15, 0.2) is 42.5 Å². The lowest BCUT2D eigenvalue weighted by molar-refractivity contribution is -0.274. The van der Waals surface area contributed by atoms with Crippen molar-refractivity contribution in [2.24, 2.45) is 0 Å². The Hall–Kier alpha value is -2.21. The molecule has 0 aliphatic carbocycles. The predicted molar refractivity (Wildman–Crippen MR) is 80.5 cm³/mol. The fourth-order valence-corrected chi connectivity index (χ4v) is 2.15. The molecule has 0 heterocycles. The molecule has 0 unspecified atom stereocenters. The van der Waals surface area contributed by atoms with Crippen LogP contribution in [0.5, 0.6) is 11.5 Å². The van der Waals surface area contributed by atoms with Crippen molar-refractivity contribution < 1.29 is 27.8 Å². The molecule has 0 fully saturated rings. The molecule has 1 N–H and O–H groups in total. The number of hydrogen-bond donors (Lipinski definition) is 1. The highest BCUT2D eigenvalue weighted by Gasteiger charge is 2.32. The third kappa shape index (κ3) is 4.89. The molecule has 0 saturated carbocycles. The van der Waals surface area contributed by atoms with Crippen LogP contribution in [0.25, 0.3) is 11.1 Å². The lowest BCUT2D eigenvalue weighted by Gasteiger charge is -2.16. The number of alkyl halides is 3. The number of benzene rings is 2. The third-order valence-electron chi connectivity index (χ3n) is 3.19. The van der Waals surface area contributed by atoms with Crippen molar-refractivity contribution >= 4 is 0 Å². The van der Waals surface area contributed by atoms with E-state index in [2.05, 4.69) is 4.74 Å². The van der Waals surface area contributed by atoms with Gasteiger partial charge >= 0.3 is 6.36 Å². The van der Waals surface area contributed by atoms with Gasteiger partial charge in [-0.1, -0.05) is 24.3 Å². The molecule has 3 nitrogen and oxygen atoms in total. The molecule has 6 heteroatoms. The number of hydrogen-bond acceptors (Lipinski definition) is 3. The van der Waals surface area contributed by atoms with Gasteiger partial charge in [0.25, 0.3) is 0 Å². The zero-order valence-corrected chi connectivity index (χ0v) is 12.6. The lowest BCUT2D eigenvalue weighted by atomic mass is 10.00. The average Bonchev–Trinajstić information content (AvgIpc) is 2.47. The number of aliphatic hydroxyl groups excluding tert-OH is 1. The van der Waals surface area contributed by atoms with Gasteiger partial charge in [-0.05, 0) is 30.2 Å². The Balaban J connectivity index is 2.39. The minimum absolute atomic E-state index is 0.0484. The average molecular weight is 326 g/mol. The lowest BCUT2D eigenvalue weighted by Crippen LogP contribution is -2.17. The zero-order valence-electron chi connectivity index (χ0n) is 12.6. The SMILES string of the molecule is Cc1ccccc1-c1ccc(OCCCO)cc1OC(F)(F)F. The van der Waals surface area contributed by atoms with Gasteiger partial charge in [0.1, 0.15) is 11.5 Å². The van der Waals surface area contributed by atoms with E-state index in [1.54, 1.807) is 18.2 Å².